The number of methoxy groups -OCH3 is 1. The number of esters is 1. The zero-order valence-corrected chi connectivity index (χ0v) is 14.6. The molecule has 21 heavy (non-hydrogen) atoms. The zero-order valence-electron chi connectivity index (χ0n) is 14.6. The van der Waals surface area contributed by atoms with Gasteiger partial charge in [0.25, 0.3) is 0 Å². The summed E-state index contributed by atoms with van der Waals surface area (Å²) in [4.78, 5) is 16.9. The maximum atomic E-state index is 12.1. The highest BCUT2D eigenvalue weighted by Gasteiger charge is 2.37. The molecule has 0 radical (unpaired) electrons. The molecule has 5 nitrogen and oxygen atoms in total. The second-order valence-corrected chi connectivity index (χ2v) is 6.63. The van der Waals surface area contributed by atoms with E-state index in [-0.39, 0.29) is 5.97 Å². The summed E-state index contributed by atoms with van der Waals surface area (Å²) in [5.74, 6) is -0.176. The van der Waals surface area contributed by atoms with Crippen LogP contribution in [0, 0.1) is 0 Å². The van der Waals surface area contributed by atoms with Crippen LogP contribution in [0.4, 0.5) is 0 Å². The topological polar surface area (TPSA) is 44.8 Å². The van der Waals surface area contributed by atoms with E-state index in [0.717, 1.165) is 19.5 Å². The average Bonchev–Trinajstić information content (AvgIpc) is 2.45. The first-order valence-corrected chi connectivity index (χ1v) is 8.08. The van der Waals surface area contributed by atoms with Gasteiger partial charge in [0.2, 0.25) is 0 Å². The average molecular weight is 299 g/mol. The Morgan fingerprint density at radius 3 is 2.76 bits per heavy atom. The van der Waals surface area contributed by atoms with Gasteiger partial charge in [0.15, 0.2) is 0 Å². The molecule has 0 spiro atoms. The van der Waals surface area contributed by atoms with Gasteiger partial charge in [-0.25, -0.2) is 0 Å². The predicted octanol–water partition coefficient (Wildman–Crippen LogP) is 1.33. The van der Waals surface area contributed by atoms with E-state index in [9.17, 15) is 4.79 Å². The van der Waals surface area contributed by atoms with Crippen molar-refractivity contribution in [2.24, 2.45) is 0 Å². The van der Waals surface area contributed by atoms with Crippen molar-refractivity contribution in [3.63, 3.8) is 0 Å². The van der Waals surface area contributed by atoms with E-state index in [4.69, 9.17) is 4.74 Å². The van der Waals surface area contributed by atoms with E-state index in [2.05, 4.69) is 36.1 Å². The summed E-state index contributed by atoms with van der Waals surface area (Å²) in [6.45, 7) is 9.22. The van der Waals surface area contributed by atoms with Gasteiger partial charge in [0.05, 0.1) is 7.11 Å². The van der Waals surface area contributed by atoms with Gasteiger partial charge in [-0.3, -0.25) is 9.69 Å². The zero-order chi connectivity index (χ0) is 16.0. The van der Waals surface area contributed by atoms with Gasteiger partial charge >= 0.3 is 5.97 Å². The number of piperidine rings is 1. The summed E-state index contributed by atoms with van der Waals surface area (Å²) in [7, 11) is 5.82. The number of carbonyl (C=O) groups is 1. The molecule has 0 amide bonds. The minimum atomic E-state index is -0.613. The molecule has 3 atom stereocenters. The molecule has 0 aromatic rings. The van der Waals surface area contributed by atoms with Crippen molar-refractivity contribution in [2.75, 3.05) is 40.8 Å². The summed E-state index contributed by atoms with van der Waals surface area (Å²) in [6, 6.07) is 0.895. The highest BCUT2D eigenvalue weighted by molar-refractivity contribution is 5.80. The molecular formula is C16H33N3O2. The molecule has 1 aliphatic rings. The van der Waals surface area contributed by atoms with Crippen LogP contribution in [0.1, 0.15) is 40.0 Å². The summed E-state index contributed by atoms with van der Waals surface area (Å²) in [6.07, 6.45) is 3.24. The molecule has 5 heteroatoms. The SMILES string of the molecule is CCNC(C)(CC(C)N(C)C1CCCN(C)C1)C(=O)OC. The van der Waals surface area contributed by atoms with Crippen LogP contribution in [0.5, 0.6) is 0 Å². The van der Waals surface area contributed by atoms with Crippen LogP contribution >= 0.6 is 0 Å². The van der Waals surface area contributed by atoms with Crippen LogP contribution in [0.3, 0.4) is 0 Å². The molecule has 1 saturated heterocycles. The molecule has 0 bridgehead atoms. The third-order valence-corrected chi connectivity index (χ3v) is 4.78. The van der Waals surface area contributed by atoms with Crippen molar-refractivity contribution in [2.45, 2.75) is 57.7 Å². The van der Waals surface area contributed by atoms with E-state index in [1.165, 1.54) is 26.5 Å². The number of likely N-dealkylation sites (tertiary alicyclic amines) is 1. The van der Waals surface area contributed by atoms with E-state index in [0.29, 0.717) is 12.1 Å². The molecule has 1 heterocycles. The fourth-order valence-corrected chi connectivity index (χ4v) is 3.41. The monoisotopic (exact) mass is 299 g/mol. The van der Waals surface area contributed by atoms with Crippen LogP contribution < -0.4 is 5.32 Å². The van der Waals surface area contributed by atoms with Gasteiger partial charge in [-0.1, -0.05) is 6.92 Å². The van der Waals surface area contributed by atoms with Gasteiger partial charge in [0.1, 0.15) is 5.54 Å². The predicted molar refractivity (Wildman–Crippen MR) is 86.5 cm³/mol. The number of hydrogen-bond acceptors (Lipinski definition) is 5. The quantitative estimate of drug-likeness (QED) is 0.719. The Bertz CT molecular complexity index is 337. The number of likely N-dealkylation sites (N-methyl/N-ethyl adjacent to an activating group) is 3. The van der Waals surface area contributed by atoms with E-state index in [1.54, 1.807) is 0 Å². The van der Waals surface area contributed by atoms with Crippen LogP contribution in [0.15, 0.2) is 0 Å². The summed E-state index contributed by atoms with van der Waals surface area (Å²) in [5.41, 5.74) is -0.613. The molecule has 0 saturated carbocycles. The first kappa shape index (κ1) is 18.4. The molecule has 124 valence electrons. The molecule has 1 N–H and O–H groups in total. The largest absolute Gasteiger partial charge is 0.468 e. The second-order valence-electron chi connectivity index (χ2n) is 6.63. The number of ether oxygens (including phenoxy) is 1. The smallest absolute Gasteiger partial charge is 0.325 e. The number of nitrogens with one attached hydrogen (secondary N) is 1. The summed E-state index contributed by atoms with van der Waals surface area (Å²) in [5, 5.41) is 3.30. The van der Waals surface area contributed by atoms with E-state index < -0.39 is 5.54 Å². The number of nitrogens with zero attached hydrogens (tertiary/aromatic N) is 2. The Labute approximate surface area is 130 Å². The number of hydrogen-bond donors (Lipinski definition) is 1. The lowest BCUT2D eigenvalue weighted by atomic mass is 9.91. The summed E-state index contributed by atoms with van der Waals surface area (Å²) < 4.78 is 4.98. The minimum Gasteiger partial charge on any atom is -0.468 e. The van der Waals surface area contributed by atoms with Gasteiger partial charge in [-0.05, 0) is 60.3 Å². The molecule has 3 unspecified atom stereocenters. The first-order chi connectivity index (χ1) is 9.84. The van der Waals surface area contributed by atoms with Gasteiger partial charge in [0, 0.05) is 18.6 Å². The molecule has 1 fully saturated rings. The third kappa shape index (κ3) is 4.94. The maximum Gasteiger partial charge on any atom is 0.325 e. The Morgan fingerprint density at radius 2 is 2.24 bits per heavy atom. The Balaban J connectivity index is 2.67. The van der Waals surface area contributed by atoms with Crippen LogP contribution in [-0.4, -0.2) is 74.2 Å². The Morgan fingerprint density at radius 1 is 1.57 bits per heavy atom. The highest BCUT2D eigenvalue weighted by atomic mass is 16.5. The Hall–Kier alpha value is -0.650. The normalized spacial score (nSPS) is 24.6. The van der Waals surface area contributed by atoms with Gasteiger partial charge in [-0.15, -0.1) is 0 Å². The van der Waals surface area contributed by atoms with Crippen molar-refractivity contribution in [3.8, 4) is 0 Å². The van der Waals surface area contributed by atoms with Crippen LogP contribution in [0.25, 0.3) is 0 Å². The van der Waals surface area contributed by atoms with Crippen LogP contribution in [-0.2, 0) is 9.53 Å². The van der Waals surface area contributed by atoms with Crippen LogP contribution in [0.2, 0.25) is 0 Å². The second kappa shape index (κ2) is 8.11. The lowest BCUT2D eigenvalue weighted by molar-refractivity contribution is -0.148. The lowest BCUT2D eigenvalue weighted by Crippen LogP contribution is -2.56. The minimum absolute atomic E-state index is 0.176. The molecule has 1 aliphatic heterocycles. The van der Waals surface area contributed by atoms with E-state index in [1.807, 2.05) is 13.8 Å². The lowest BCUT2D eigenvalue weighted by Gasteiger charge is -2.41. The molecular weight excluding hydrogens is 266 g/mol. The van der Waals surface area contributed by atoms with Crippen molar-refractivity contribution >= 4 is 5.97 Å². The van der Waals surface area contributed by atoms with Gasteiger partial charge in [-0.2, -0.15) is 0 Å². The summed E-state index contributed by atoms with van der Waals surface area (Å²) >= 11 is 0. The van der Waals surface area contributed by atoms with Crippen molar-refractivity contribution in [1.29, 1.82) is 0 Å². The molecule has 0 aliphatic carbocycles. The van der Waals surface area contributed by atoms with E-state index >= 15 is 0 Å². The first-order valence-electron chi connectivity index (χ1n) is 8.08. The molecule has 1 rings (SSSR count). The molecule has 0 aromatic carbocycles. The maximum absolute atomic E-state index is 12.1. The van der Waals surface area contributed by atoms with Crippen molar-refractivity contribution in [1.82, 2.24) is 15.1 Å². The van der Waals surface area contributed by atoms with Gasteiger partial charge < -0.3 is 15.0 Å². The Kier molecular flexibility index (Phi) is 7.10. The number of carbonyl (C=O) groups excluding carboxylic acids is 1. The standard InChI is InChI=1S/C16H33N3O2/c1-7-17-16(3,15(20)21-6)11-13(2)19(5)14-9-8-10-18(4)12-14/h13-14,17H,7-12H2,1-6H3. The number of rotatable bonds is 7. The highest BCUT2D eigenvalue weighted by Crippen LogP contribution is 2.22. The third-order valence-electron chi connectivity index (χ3n) is 4.78. The van der Waals surface area contributed by atoms with Crippen molar-refractivity contribution in [3.05, 3.63) is 0 Å². The van der Waals surface area contributed by atoms with Crippen molar-refractivity contribution < 1.29 is 9.53 Å². The fourth-order valence-electron chi connectivity index (χ4n) is 3.41. The molecule has 0 aromatic heterocycles. The fraction of sp³-hybridized carbons (Fsp3) is 0.938.